The Hall–Kier alpha value is -2.42. The number of piperidine rings is 1. The number of benzene rings is 2. The third-order valence-electron chi connectivity index (χ3n) is 4.72. The Kier molecular flexibility index (Phi) is 5.42. The second-order valence-electron chi connectivity index (χ2n) is 6.48. The monoisotopic (exact) mass is 321 g/mol. The first-order valence-corrected chi connectivity index (χ1v) is 8.66. The molecule has 1 fully saturated rings. The molecule has 1 unspecified atom stereocenters. The van der Waals surface area contributed by atoms with Crippen molar-refractivity contribution < 1.29 is 9.59 Å². The standard InChI is InChI=1S/C21H23NO2/c23-20(19-11-5-2-6-12-19)21(24)22-15-7-10-18(16-22)14-13-17-8-3-1-4-9-17/h1-6,8-9,11-12,18H,7,10,13-16H2. The molecule has 1 amide bonds. The van der Waals surface area contributed by atoms with E-state index in [2.05, 4.69) is 24.3 Å². The van der Waals surface area contributed by atoms with Crippen LogP contribution in [0.5, 0.6) is 0 Å². The smallest absolute Gasteiger partial charge is 0.294 e. The van der Waals surface area contributed by atoms with E-state index in [0.717, 1.165) is 25.7 Å². The van der Waals surface area contributed by atoms with Crippen LogP contribution in [0.25, 0.3) is 0 Å². The lowest BCUT2D eigenvalue weighted by Crippen LogP contribution is -2.43. The van der Waals surface area contributed by atoms with Crippen LogP contribution in [0.4, 0.5) is 0 Å². The molecule has 24 heavy (non-hydrogen) atoms. The van der Waals surface area contributed by atoms with Crippen LogP contribution >= 0.6 is 0 Å². The van der Waals surface area contributed by atoms with Crippen molar-refractivity contribution in [2.24, 2.45) is 5.92 Å². The van der Waals surface area contributed by atoms with E-state index in [1.54, 1.807) is 29.2 Å². The summed E-state index contributed by atoms with van der Waals surface area (Å²) < 4.78 is 0. The normalized spacial score (nSPS) is 17.5. The Labute approximate surface area is 143 Å². The molecule has 0 N–H and O–H groups in total. The molecule has 2 aromatic carbocycles. The number of ketones is 1. The van der Waals surface area contributed by atoms with Crippen LogP contribution in [0.15, 0.2) is 60.7 Å². The van der Waals surface area contributed by atoms with Crippen LogP contribution in [0.2, 0.25) is 0 Å². The number of carbonyl (C=O) groups is 2. The third-order valence-corrected chi connectivity index (χ3v) is 4.72. The number of Topliss-reactive ketones (excluding diaryl/α,β-unsaturated/α-hetero) is 1. The number of carbonyl (C=O) groups excluding carboxylic acids is 2. The van der Waals surface area contributed by atoms with Crippen molar-refractivity contribution in [2.75, 3.05) is 13.1 Å². The molecule has 0 spiro atoms. The summed E-state index contributed by atoms with van der Waals surface area (Å²) in [4.78, 5) is 26.6. The fourth-order valence-electron chi connectivity index (χ4n) is 3.36. The van der Waals surface area contributed by atoms with Gasteiger partial charge in [-0.1, -0.05) is 60.7 Å². The molecule has 3 heteroatoms. The molecule has 0 aromatic heterocycles. The average Bonchev–Trinajstić information content (AvgIpc) is 2.67. The van der Waals surface area contributed by atoms with Crippen LogP contribution in [-0.2, 0) is 11.2 Å². The average molecular weight is 321 g/mol. The Morgan fingerprint density at radius 2 is 1.62 bits per heavy atom. The number of nitrogens with zero attached hydrogens (tertiary/aromatic N) is 1. The van der Waals surface area contributed by atoms with Crippen LogP contribution in [0, 0.1) is 5.92 Å². The topological polar surface area (TPSA) is 37.4 Å². The second-order valence-corrected chi connectivity index (χ2v) is 6.48. The summed E-state index contributed by atoms with van der Waals surface area (Å²) in [5.41, 5.74) is 1.82. The third kappa shape index (κ3) is 4.10. The largest absolute Gasteiger partial charge is 0.336 e. The lowest BCUT2D eigenvalue weighted by atomic mass is 9.91. The van der Waals surface area contributed by atoms with Gasteiger partial charge in [0.05, 0.1) is 0 Å². The molecule has 3 rings (SSSR count). The zero-order valence-electron chi connectivity index (χ0n) is 13.9. The van der Waals surface area contributed by atoms with Crippen molar-refractivity contribution in [3.63, 3.8) is 0 Å². The van der Waals surface area contributed by atoms with E-state index in [1.807, 2.05) is 12.1 Å². The summed E-state index contributed by atoms with van der Waals surface area (Å²) in [5.74, 6) is -0.267. The van der Waals surface area contributed by atoms with Crippen LogP contribution in [0.1, 0.15) is 35.2 Å². The number of aryl methyl sites for hydroxylation is 1. The fraction of sp³-hybridized carbons (Fsp3) is 0.333. The van der Waals surface area contributed by atoms with E-state index < -0.39 is 0 Å². The van der Waals surface area contributed by atoms with E-state index in [1.165, 1.54) is 5.56 Å². The minimum absolute atomic E-state index is 0.356. The molecule has 1 aliphatic heterocycles. The van der Waals surface area contributed by atoms with Crippen LogP contribution in [0.3, 0.4) is 0 Å². The van der Waals surface area contributed by atoms with Gasteiger partial charge < -0.3 is 4.90 Å². The molecular weight excluding hydrogens is 298 g/mol. The predicted molar refractivity (Wildman–Crippen MR) is 94.8 cm³/mol. The lowest BCUT2D eigenvalue weighted by molar-refractivity contribution is -0.128. The van der Waals surface area contributed by atoms with Gasteiger partial charge in [-0.25, -0.2) is 0 Å². The van der Waals surface area contributed by atoms with E-state index in [-0.39, 0.29) is 11.7 Å². The Morgan fingerprint density at radius 1 is 0.958 bits per heavy atom. The molecule has 0 bridgehead atoms. The molecule has 1 atom stereocenters. The number of rotatable bonds is 5. The van der Waals surface area contributed by atoms with Crippen molar-refractivity contribution in [1.82, 2.24) is 4.90 Å². The molecule has 1 saturated heterocycles. The van der Waals surface area contributed by atoms with Gasteiger partial charge in [0.1, 0.15) is 0 Å². The summed E-state index contributed by atoms with van der Waals surface area (Å²) >= 11 is 0. The summed E-state index contributed by atoms with van der Waals surface area (Å²) in [5, 5.41) is 0. The molecule has 3 nitrogen and oxygen atoms in total. The zero-order valence-corrected chi connectivity index (χ0v) is 13.9. The maximum atomic E-state index is 12.5. The van der Waals surface area contributed by atoms with Gasteiger partial charge in [-0.2, -0.15) is 0 Å². The van der Waals surface area contributed by atoms with Gasteiger partial charge in [-0.15, -0.1) is 0 Å². The molecule has 0 aliphatic carbocycles. The molecule has 0 saturated carbocycles. The maximum Gasteiger partial charge on any atom is 0.294 e. The van der Waals surface area contributed by atoms with Gasteiger partial charge in [-0.3, -0.25) is 9.59 Å². The number of likely N-dealkylation sites (tertiary alicyclic amines) is 1. The summed E-state index contributed by atoms with van der Waals surface area (Å²) in [6, 6.07) is 19.3. The SMILES string of the molecule is O=C(C(=O)N1CCCC(CCc2ccccc2)C1)c1ccccc1. The zero-order chi connectivity index (χ0) is 16.8. The van der Waals surface area contributed by atoms with Gasteiger partial charge >= 0.3 is 0 Å². The van der Waals surface area contributed by atoms with Gasteiger partial charge in [0.25, 0.3) is 5.91 Å². The molecule has 124 valence electrons. The highest BCUT2D eigenvalue weighted by Crippen LogP contribution is 2.22. The van der Waals surface area contributed by atoms with E-state index in [0.29, 0.717) is 24.6 Å². The maximum absolute atomic E-state index is 12.5. The minimum Gasteiger partial charge on any atom is -0.336 e. The highest BCUT2D eigenvalue weighted by molar-refractivity contribution is 6.42. The van der Waals surface area contributed by atoms with Gasteiger partial charge in [0, 0.05) is 18.7 Å². The Balaban J connectivity index is 1.57. The van der Waals surface area contributed by atoms with Crippen LogP contribution in [-0.4, -0.2) is 29.7 Å². The Bertz CT molecular complexity index is 681. The van der Waals surface area contributed by atoms with Crippen molar-refractivity contribution in [3.8, 4) is 0 Å². The number of amides is 1. The fourth-order valence-corrected chi connectivity index (χ4v) is 3.36. The molecule has 1 aliphatic rings. The molecular formula is C21H23NO2. The first kappa shape index (κ1) is 16.4. The number of hydrogen-bond donors (Lipinski definition) is 0. The van der Waals surface area contributed by atoms with Gasteiger partial charge in [-0.05, 0) is 37.2 Å². The molecule has 0 radical (unpaired) electrons. The van der Waals surface area contributed by atoms with Crippen molar-refractivity contribution in [1.29, 1.82) is 0 Å². The highest BCUT2D eigenvalue weighted by Gasteiger charge is 2.28. The van der Waals surface area contributed by atoms with E-state index in [4.69, 9.17) is 0 Å². The van der Waals surface area contributed by atoms with Crippen molar-refractivity contribution in [3.05, 3.63) is 71.8 Å². The highest BCUT2D eigenvalue weighted by atomic mass is 16.2. The first-order valence-electron chi connectivity index (χ1n) is 8.66. The lowest BCUT2D eigenvalue weighted by Gasteiger charge is -2.32. The first-order chi connectivity index (χ1) is 11.7. The minimum atomic E-state index is -0.390. The summed E-state index contributed by atoms with van der Waals surface area (Å²) in [7, 11) is 0. The second kappa shape index (κ2) is 7.91. The van der Waals surface area contributed by atoms with Gasteiger partial charge in [0.15, 0.2) is 0 Å². The van der Waals surface area contributed by atoms with Crippen LogP contribution < -0.4 is 0 Å². The van der Waals surface area contributed by atoms with Gasteiger partial charge in [0.2, 0.25) is 5.78 Å². The van der Waals surface area contributed by atoms with Crippen molar-refractivity contribution >= 4 is 11.7 Å². The summed E-state index contributed by atoms with van der Waals surface area (Å²) in [6.07, 6.45) is 4.21. The molecule has 2 aromatic rings. The Morgan fingerprint density at radius 3 is 2.33 bits per heavy atom. The predicted octanol–water partition coefficient (Wildman–Crippen LogP) is 3.74. The van der Waals surface area contributed by atoms with E-state index >= 15 is 0 Å². The quantitative estimate of drug-likeness (QED) is 0.621. The number of hydrogen-bond acceptors (Lipinski definition) is 2. The van der Waals surface area contributed by atoms with E-state index in [9.17, 15) is 9.59 Å². The summed E-state index contributed by atoms with van der Waals surface area (Å²) in [6.45, 7) is 1.39. The molecule has 1 heterocycles. The van der Waals surface area contributed by atoms with Crippen molar-refractivity contribution in [2.45, 2.75) is 25.7 Å².